The summed E-state index contributed by atoms with van der Waals surface area (Å²) in [7, 11) is 0. The second-order valence-corrected chi connectivity index (χ2v) is 5.32. The quantitative estimate of drug-likeness (QED) is 0.541. The smallest absolute Gasteiger partial charge is 0.0533 e. The zero-order valence-corrected chi connectivity index (χ0v) is 11.0. The Morgan fingerprint density at radius 2 is 2.07 bits per heavy atom. The largest absolute Gasteiger partial charge is 0.381 e. The van der Waals surface area contributed by atoms with Crippen LogP contribution in [0, 0.1) is 11.3 Å². The molecule has 1 fully saturated rings. The molecular weight excluding hydrogens is 208 g/mol. The van der Waals surface area contributed by atoms with E-state index in [2.05, 4.69) is 13.8 Å². The highest BCUT2D eigenvalue weighted by atomic mass is 35.5. The van der Waals surface area contributed by atoms with Gasteiger partial charge in [-0.15, -0.1) is 11.6 Å². The van der Waals surface area contributed by atoms with Crippen LogP contribution in [0.25, 0.3) is 0 Å². The van der Waals surface area contributed by atoms with Crippen LogP contribution < -0.4 is 0 Å². The van der Waals surface area contributed by atoms with Gasteiger partial charge in [0.15, 0.2) is 0 Å². The van der Waals surface area contributed by atoms with E-state index in [9.17, 15) is 0 Å². The molecule has 0 radical (unpaired) electrons. The molecule has 0 aromatic heterocycles. The standard InChI is InChI=1S/C13H25ClO/c1-3-5-8-13(4-2,10-14)11-15-9-12-6-7-12/h12H,3-11H2,1-2H3. The van der Waals surface area contributed by atoms with Gasteiger partial charge in [-0.1, -0.05) is 26.7 Å². The minimum atomic E-state index is 0.243. The molecule has 15 heavy (non-hydrogen) atoms. The highest BCUT2D eigenvalue weighted by Crippen LogP contribution is 2.33. The average molecular weight is 233 g/mol. The molecule has 1 aliphatic rings. The third kappa shape index (κ3) is 4.74. The van der Waals surface area contributed by atoms with Gasteiger partial charge in [0, 0.05) is 17.9 Å². The Morgan fingerprint density at radius 3 is 2.53 bits per heavy atom. The van der Waals surface area contributed by atoms with Crippen molar-refractivity contribution in [2.24, 2.45) is 11.3 Å². The van der Waals surface area contributed by atoms with Gasteiger partial charge in [-0.05, 0) is 31.6 Å². The predicted octanol–water partition coefficient (Wildman–Crippen LogP) is 4.24. The SMILES string of the molecule is CCCCC(CC)(CCl)COCC1CC1. The maximum Gasteiger partial charge on any atom is 0.0533 e. The number of alkyl halides is 1. The van der Waals surface area contributed by atoms with E-state index in [-0.39, 0.29) is 5.41 Å². The van der Waals surface area contributed by atoms with E-state index in [0.717, 1.165) is 31.4 Å². The number of hydrogen-bond donors (Lipinski definition) is 0. The van der Waals surface area contributed by atoms with Crippen molar-refractivity contribution < 1.29 is 4.74 Å². The van der Waals surface area contributed by atoms with Gasteiger partial charge in [0.05, 0.1) is 6.61 Å². The van der Waals surface area contributed by atoms with E-state index in [1.165, 1.54) is 32.1 Å². The summed E-state index contributed by atoms with van der Waals surface area (Å²) >= 11 is 6.11. The Kier molecular flexibility index (Phi) is 5.99. The van der Waals surface area contributed by atoms with Gasteiger partial charge in [-0.25, -0.2) is 0 Å². The van der Waals surface area contributed by atoms with Crippen molar-refractivity contribution in [3.8, 4) is 0 Å². The molecule has 1 atom stereocenters. The predicted molar refractivity (Wildman–Crippen MR) is 66.5 cm³/mol. The number of hydrogen-bond acceptors (Lipinski definition) is 1. The molecular formula is C13H25ClO. The van der Waals surface area contributed by atoms with Crippen molar-refractivity contribution in [2.45, 2.75) is 52.4 Å². The molecule has 0 bridgehead atoms. The van der Waals surface area contributed by atoms with Gasteiger partial charge in [-0.2, -0.15) is 0 Å². The van der Waals surface area contributed by atoms with Crippen molar-refractivity contribution in [3.05, 3.63) is 0 Å². The number of ether oxygens (including phenoxy) is 1. The van der Waals surface area contributed by atoms with Crippen LogP contribution in [0.3, 0.4) is 0 Å². The molecule has 0 saturated heterocycles. The summed E-state index contributed by atoms with van der Waals surface area (Å²) < 4.78 is 5.82. The van der Waals surface area contributed by atoms with Crippen LogP contribution in [-0.4, -0.2) is 19.1 Å². The third-order valence-electron chi connectivity index (χ3n) is 3.55. The highest BCUT2D eigenvalue weighted by molar-refractivity contribution is 6.18. The Morgan fingerprint density at radius 1 is 1.33 bits per heavy atom. The molecule has 0 aromatic rings. The maximum atomic E-state index is 6.11. The summed E-state index contributed by atoms with van der Waals surface area (Å²) in [5, 5.41) is 0. The van der Waals surface area contributed by atoms with Crippen molar-refractivity contribution in [1.29, 1.82) is 0 Å². The summed E-state index contributed by atoms with van der Waals surface area (Å²) in [4.78, 5) is 0. The molecule has 0 spiro atoms. The van der Waals surface area contributed by atoms with Crippen LogP contribution in [0.2, 0.25) is 0 Å². The van der Waals surface area contributed by atoms with Crippen LogP contribution in [0.15, 0.2) is 0 Å². The molecule has 2 heteroatoms. The van der Waals surface area contributed by atoms with Crippen LogP contribution >= 0.6 is 11.6 Å². The van der Waals surface area contributed by atoms with Crippen molar-refractivity contribution in [1.82, 2.24) is 0 Å². The summed E-state index contributed by atoms with van der Waals surface area (Å²) in [5.74, 6) is 1.61. The molecule has 1 unspecified atom stereocenters. The lowest BCUT2D eigenvalue weighted by Gasteiger charge is -2.30. The van der Waals surface area contributed by atoms with E-state index in [1.807, 2.05) is 0 Å². The minimum absolute atomic E-state index is 0.243. The highest BCUT2D eigenvalue weighted by Gasteiger charge is 2.28. The monoisotopic (exact) mass is 232 g/mol. The van der Waals surface area contributed by atoms with E-state index >= 15 is 0 Å². The van der Waals surface area contributed by atoms with Crippen LogP contribution in [-0.2, 0) is 4.74 Å². The average Bonchev–Trinajstić information content (AvgIpc) is 3.07. The Bertz CT molecular complexity index is 162. The molecule has 0 aromatic carbocycles. The van der Waals surface area contributed by atoms with Gasteiger partial charge in [0.25, 0.3) is 0 Å². The molecule has 90 valence electrons. The van der Waals surface area contributed by atoms with Crippen molar-refractivity contribution in [3.63, 3.8) is 0 Å². The zero-order chi connectivity index (χ0) is 11.1. The molecule has 1 nitrogen and oxygen atoms in total. The lowest BCUT2D eigenvalue weighted by molar-refractivity contribution is 0.0407. The second kappa shape index (κ2) is 6.75. The topological polar surface area (TPSA) is 9.23 Å². The molecule has 1 saturated carbocycles. The van der Waals surface area contributed by atoms with Crippen LogP contribution in [0.4, 0.5) is 0 Å². The summed E-state index contributed by atoms with van der Waals surface area (Å²) in [6, 6.07) is 0. The van der Waals surface area contributed by atoms with Crippen LogP contribution in [0.1, 0.15) is 52.4 Å². The lowest BCUT2D eigenvalue weighted by atomic mass is 9.83. The lowest BCUT2D eigenvalue weighted by Crippen LogP contribution is -2.28. The molecule has 1 aliphatic carbocycles. The van der Waals surface area contributed by atoms with Gasteiger partial charge in [0.1, 0.15) is 0 Å². The van der Waals surface area contributed by atoms with Gasteiger partial charge in [0.2, 0.25) is 0 Å². The number of rotatable bonds is 9. The van der Waals surface area contributed by atoms with Gasteiger partial charge >= 0.3 is 0 Å². The summed E-state index contributed by atoms with van der Waals surface area (Å²) in [5.41, 5.74) is 0.243. The third-order valence-corrected chi connectivity index (χ3v) is 4.12. The van der Waals surface area contributed by atoms with Crippen molar-refractivity contribution >= 4 is 11.6 Å². The summed E-state index contributed by atoms with van der Waals surface area (Å²) in [6.07, 6.45) is 7.62. The van der Waals surface area contributed by atoms with E-state index < -0.39 is 0 Å². The molecule has 1 rings (SSSR count). The Labute approximate surface area is 99.5 Å². The van der Waals surface area contributed by atoms with E-state index in [1.54, 1.807) is 0 Å². The Hall–Kier alpha value is 0.250. The first-order valence-electron chi connectivity index (χ1n) is 6.40. The molecule has 0 heterocycles. The zero-order valence-electron chi connectivity index (χ0n) is 10.2. The van der Waals surface area contributed by atoms with Gasteiger partial charge in [-0.3, -0.25) is 0 Å². The first-order valence-corrected chi connectivity index (χ1v) is 6.93. The van der Waals surface area contributed by atoms with E-state index in [0.29, 0.717) is 0 Å². The van der Waals surface area contributed by atoms with Crippen molar-refractivity contribution in [2.75, 3.05) is 19.1 Å². The fourth-order valence-electron chi connectivity index (χ4n) is 1.83. The maximum absolute atomic E-state index is 6.11. The first-order chi connectivity index (χ1) is 7.26. The van der Waals surface area contributed by atoms with E-state index in [4.69, 9.17) is 16.3 Å². The number of halogens is 1. The normalized spacial score (nSPS) is 20.2. The Balaban J connectivity index is 2.24. The summed E-state index contributed by atoms with van der Waals surface area (Å²) in [6.45, 7) is 6.30. The fraction of sp³-hybridized carbons (Fsp3) is 1.00. The fourth-order valence-corrected chi connectivity index (χ4v) is 2.23. The first kappa shape index (κ1) is 13.3. The second-order valence-electron chi connectivity index (χ2n) is 5.05. The number of unbranched alkanes of at least 4 members (excludes halogenated alkanes) is 1. The van der Waals surface area contributed by atoms with Crippen LogP contribution in [0.5, 0.6) is 0 Å². The molecule has 0 aliphatic heterocycles. The minimum Gasteiger partial charge on any atom is -0.381 e. The molecule has 0 N–H and O–H groups in total. The molecule has 0 amide bonds. The van der Waals surface area contributed by atoms with Gasteiger partial charge < -0.3 is 4.74 Å².